The van der Waals surface area contributed by atoms with Gasteiger partial charge in [-0.25, -0.2) is 4.98 Å². The van der Waals surface area contributed by atoms with E-state index in [4.69, 9.17) is 34.0 Å². The third-order valence-corrected chi connectivity index (χ3v) is 1.95. The Kier molecular flexibility index (Phi) is 3.59. The predicted octanol–water partition coefficient (Wildman–Crippen LogP) is 1.37. The van der Waals surface area contributed by atoms with Gasteiger partial charge in [0.2, 0.25) is 0 Å². The maximum Gasteiger partial charge on any atom is 0.147 e. The van der Waals surface area contributed by atoms with Crippen molar-refractivity contribution in [1.29, 1.82) is 0 Å². The molecule has 6 heteroatoms. The van der Waals surface area contributed by atoms with E-state index in [0.29, 0.717) is 22.4 Å². The number of nitrogens with one attached hydrogen (secondary N) is 1. The van der Waals surface area contributed by atoms with Crippen molar-refractivity contribution < 1.29 is 5.11 Å². The minimum absolute atomic E-state index is 0.000536. The van der Waals surface area contributed by atoms with Crippen LogP contribution >= 0.6 is 23.2 Å². The van der Waals surface area contributed by atoms with E-state index in [0.717, 1.165) is 0 Å². The number of hydrogen-bond donors (Lipinski definition) is 3. The van der Waals surface area contributed by atoms with Crippen LogP contribution in [-0.2, 0) is 0 Å². The van der Waals surface area contributed by atoms with Crippen LogP contribution in [-0.4, -0.2) is 23.2 Å². The van der Waals surface area contributed by atoms with Crippen LogP contribution in [0, 0.1) is 0 Å². The molecular formula is C7H9Cl2N3O. The van der Waals surface area contributed by atoms with Gasteiger partial charge in [-0.1, -0.05) is 23.2 Å². The molecule has 13 heavy (non-hydrogen) atoms. The van der Waals surface area contributed by atoms with Crippen LogP contribution in [0.15, 0.2) is 6.07 Å². The van der Waals surface area contributed by atoms with Crippen molar-refractivity contribution >= 4 is 34.8 Å². The molecule has 1 heterocycles. The molecule has 0 radical (unpaired) electrons. The van der Waals surface area contributed by atoms with Crippen molar-refractivity contribution in [2.75, 3.05) is 24.2 Å². The van der Waals surface area contributed by atoms with Crippen LogP contribution in [0.4, 0.5) is 11.6 Å². The van der Waals surface area contributed by atoms with Gasteiger partial charge in [0, 0.05) is 6.54 Å². The number of hydrogen-bond acceptors (Lipinski definition) is 4. The molecule has 0 saturated carbocycles. The van der Waals surface area contributed by atoms with E-state index in [2.05, 4.69) is 10.3 Å². The summed E-state index contributed by atoms with van der Waals surface area (Å²) < 4.78 is 0. The summed E-state index contributed by atoms with van der Waals surface area (Å²) in [6.07, 6.45) is 0. The van der Waals surface area contributed by atoms with Crippen molar-refractivity contribution in [1.82, 2.24) is 4.98 Å². The Morgan fingerprint density at radius 3 is 2.77 bits per heavy atom. The van der Waals surface area contributed by atoms with E-state index in [9.17, 15) is 0 Å². The molecule has 72 valence electrons. The first-order chi connectivity index (χ1) is 6.15. The van der Waals surface area contributed by atoms with Gasteiger partial charge in [-0.05, 0) is 6.07 Å². The molecule has 0 amide bonds. The van der Waals surface area contributed by atoms with E-state index in [1.807, 2.05) is 0 Å². The first kappa shape index (κ1) is 10.4. The largest absolute Gasteiger partial charge is 0.395 e. The highest BCUT2D eigenvalue weighted by molar-refractivity contribution is 6.37. The van der Waals surface area contributed by atoms with Gasteiger partial charge < -0.3 is 16.2 Å². The fraction of sp³-hybridized carbons (Fsp3) is 0.286. The lowest BCUT2D eigenvalue weighted by molar-refractivity contribution is 0.311. The molecule has 0 atom stereocenters. The Hall–Kier alpha value is -0.710. The van der Waals surface area contributed by atoms with Crippen molar-refractivity contribution in [2.45, 2.75) is 0 Å². The first-order valence-electron chi connectivity index (χ1n) is 3.61. The average molecular weight is 222 g/mol. The Morgan fingerprint density at radius 1 is 1.46 bits per heavy atom. The minimum Gasteiger partial charge on any atom is -0.395 e. The van der Waals surface area contributed by atoms with Gasteiger partial charge in [0.25, 0.3) is 0 Å². The Labute approximate surface area is 85.7 Å². The highest BCUT2D eigenvalue weighted by Crippen LogP contribution is 2.26. The Balaban J connectivity index is 2.88. The van der Waals surface area contributed by atoms with Gasteiger partial charge in [-0.3, -0.25) is 0 Å². The number of anilines is 2. The summed E-state index contributed by atoms with van der Waals surface area (Å²) in [6, 6.07) is 1.51. The van der Waals surface area contributed by atoms with E-state index in [1.54, 1.807) is 0 Å². The Bertz CT molecular complexity index is 306. The molecular weight excluding hydrogens is 213 g/mol. The number of aromatic nitrogens is 1. The highest BCUT2D eigenvalue weighted by atomic mass is 35.5. The van der Waals surface area contributed by atoms with Gasteiger partial charge in [0.15, 0.2) is 0 Å². The molecule has 4 N–H and O–H groups in total. The van der Waals surface area contributed by atoms with E-state index in [1.165, 1.54) is 6.07 Å². The maximum absolute atomic E-state index is 8.55. The summed E-state index contributed by atoms with van der Waals surface area (Å²) in [5.41, 5.74) is 5.46. The van der Waals surface area contributed by atoms with Gasteiger partial charge in [0.1, 0.15) is 11.6 Å². The molecule has 0 fully saturated rings. The molecule has 4 nitrogen and oxygen atoms in total. The molecule has 0 bridgehead atoms. The van der Waals surface area contributed by atoms with Crippen molar-refractivity contribution in [3.63, 3.8) is 0 Å². The number of rotatable bonds is 3. The van der Waals surface area contributed by atoms with Gasteiger partial charge in [0.05, 0.1) is 16.7 Å². The summed E-state index contributed by atoms with van der Waals surface area (Å²) in [7, 11) is 0. The summed E-state index contributed by atoms with van der Waals surface area (Å²) in [4.78, 5) is 3.90. The lowest BCUT2D eigenvalue weighted by Crippen LogP contribution is -2.08. The van der Waals surface area contributed by atoms with Gasteiger partial charge in [-0.15, -0.1) is 0 Å². The smallest absolute Gasteiger partial charge is 0.147 e. The molecule has 0 aliphatic heterocycles. The number of nitrogen functional groups attached to an aromatic ring is 1. The van der Waals surface area contributed by atoms with Crippen LogP contribution < -0.4 is 11.1 Å². The van der Waals surface area contributed by atoms with Crippen LogP contribution in [0.2, 0.25) is 10.0 Å². The van der Waals surface area contributed by atoms with Crippen LogP contribution in [0.3, 0.4) is 0 Å². The molecule has 1 rings (SSSR count). The SMILES string of the molecule is Nc1nc(NCCO)c(Cl)cc1Cl. The normalized spacial score (nSPS) is 10.1. The number of pyridine rings is 1. The summed E-state index contributed by atoms with van der Waals surface area (Å²) in [5, 5.41) is 12.1. The summed E-state index contributed by atoms with van der Waals surface area (Å²) >= 11 is 11.5. The fourth-order valence-corrected chi connectivity index (χ4v) is 1.20. The van der Waals surface area contributed by atoms with Crippen molar-refractivity contribution in [2.24, 2.45) is 0 Å². The molecule has 0 aromatic carbocycles. The Morgan fingerprint density at radius 2 is 2.15 bits per heavy atom. The van der Waals surface area contributed by atoms with E-state index < -0.39 is 0 Å². The van der Waals surface area contributed by atoms with E-state index >= 15 is 0 Å². The number of nitrogens with two attached hydrogens (primary N) is 1. The quantitative estimate of drug-likeness (QED) is 0.722. The lowest BCUT2D eigenvalue weighted by Gasteiger charge is -2.07. The predicted molar refractivity (Wildman–Crippen MR) is 54.2 cm³/mol. The third-order valence-electron chi connectivity index (χ3n) is 1.36. The zero-order chi connectivity index (χ0) is 9.84. The zero-order valence-corrected chi connectivity index (χ0v) is 8.23. The molecule has 1 aromatic rings. The minimum atomic E-state index is 0.000536. The number of aliphatic hydroxyl groups is 1. The topological polar surface area (TPSA) is 71.2 Å². The maximum atomic E-state index is 8.55. The van der Waals surface area contributed by atoms with Crippen LogP contribution in [0.25, 0.3) is 0 Å². The zero-order valence-electron chi connectivity index (χ0n) is 6.72. The van der Waals surface area contributed by atoms with Crippen LogP contribution in [0.5, 0.6) is 0 Å². The number of aliphatic hydroxyl groups excluding tert-OH is 1. The van der Waals surface area contributed by atoms with Crippen molar-refractivity contribution in [3.8, 4) is 0 Å². The third kappa shape index (κ3) is 2.62. The average Bonchev–Trinajstić information content (AvgIpc) is 2.09. The van der Waals surface area contributed by atoms with Gasteiger partial charge >= 0.3 is 0 Å². The lowest BCUT2D eigenvalue weighted by atomic mass is 10.4. The second-order valence-corrected chi connectivity index (χ2v) is 3.15. The number of halogens is 2. The van der Waals surface area contributed by atoms with E-state index in [-0.39, 0.29) is 12.4 Å². The highest BCUT2D eigenvalue weighted by Gasteiger charge is 2.05. The molecule has 0 saturated heterocycles. The molecule has 1 aromatic heterocycles. The molecule has 0 aliphatic carbocycles. The molecule has 0 aliphatic rings. The monoisotopic (exact) mass is 221 g/mol. The summed E-state index contributed by atoms with van der Waals surface area (Å²) in [6.45, 7) is 0.369. The second-order valence-electron chi connectivity index (χ2n) is 2.34. The summed E-state index contributed by atoms with van der Waals surface area (Å²) in [5.74, 6) is 0.643. The van der Waals surface area contributed by atoms with Crippen LogP contribution in [0.1, 0.15) is 0 Å². The first-order valence-corrected chi connectivity index (χ1v) is 4.37. The standard InChI is InChI=1S/C7H9Cl2N3O/c8-4-3-5(9)7(11-1-2-13)12-6(4)10/h3,13H,1-2H2,(H3,10,11,12). The second kappa shape index (κ2) is 4.50. The van der Waals surface area contributed by atoms with Gasteiger partial charge in [-0.2, -0.15) is 0 Å². The van der Waals surface area contributed by atoms with Crippen molar-refractivity contribution in [3.05, 3.63) is 16.1 Å². The molecule has 0 unspecified atom stereocenters. The molecule has 0 spiro atoms. The number of nitrogens with zero attached hydrogens (tertiary/aromatic N) is 1. The fourth-order valence-electron chi connectivity index (χ4n) is 0.779.